The zero-order valence-electron chi connectivity index (χ0n) is 15.3. The Labute approximate surface area is 181 Å². The minimum Gasteiger partial charge on any atom is -0.441 e. The summed E-state index contributed by atoms with van der Waals surface area (Å²) in [6, 6.07) is 6.99. The molecule has 0 fully saturated rings. The molecule has 2 N–H and O–H groups in total. The van der Waals surface area contributed by atoms with Crippen molar-refractivity contribution in [2.24, 2.45) is 0 Å². The van der Waals surface area contributed by atoms with Crippen LogP contribution >= 0.6 is 34.5 Å². The Morgan fingerprint density at radius 1 is 1.17 bits per heavy atom. The first-order valence-corrected chi connectivity index (χ1v) is 10.7. The monoisotopic (exact) mass is 449 g/mol. The highest BCUT2D eigenvalue weighted by Gasteiger charge is 2.19. The Morgan fingerprint density at radius 2 is 2.03 bits per heavy atom. The molecule has 0 spiro atoms. The fourth-order valence-corrected chi connectivity index (χ4v) is 4.80. The highest BCUT2D eigenvalue weighted by molar-refractivity contribution is 7.14. The van der Waals surface area contributed by atoms with Crippen LogP contribution in [0.5, 0.6) is 0 Å². The number of carbonyl (C=O) groups excluding carboxylic acids is 2. The molecule has 29 heavy (non-hydrogen) atoms. The molecule has 1 aliphatic rings. The van der Waals surface area contributed by atoms with Gasteiger partial charge in [0, 0.05) is 28.3 Å². The lowest BCUT2D eigenvalue weighted by Crippen LogP contribution is -2.41. The molecule has 9 heteroatoms. The number of halogens is 2. The number of nitrogens with one attached hydrogen (secondary N) is 2. The van der Waals surface area contributed by atoms with Crippen molar-refractivity contribution in [1.82, 2.24) is 15.8 Å². The smallest absolute Gasteiger partial charge is 0.279 e. The van der Waals surface area contributed by atoms with E-state index in [1.165, 1.54) is 21.8 Å². The van der Waals surface area contributed by atoms with E-state index in [4.69, 9.17) is 27.6 Å². The molecule has 2 aromatic heterocycles. The molecule has 150 valence electrons. The highest BCUT2D eigenvalue weighted by atomic mass is 35.5. The van der Waals surface area contributed by atoms with Gasteiger partial charge in [0.25, 0.3) is 5.91 Å². The first-order chi connectivity index (χ1) is 14.0. The van der Waals surface area contributed by atoms with Gasteiger partial charge in [0.15, 0.2) is 11.7 Å². The fraction of sp³-hybridized carbons (Fsp3) is 0.250. The summed E-state index contributed by atoms with van der Waals surface area (Å²) in [6.07, 6.45) is 5.16. The van der Waals surface area contributed by atoms with Crippen LogP contribution in [-0.2, 0) is 24.1 Å². The summed E-state index contributed by atoms with van der Waals surface area (Å²) in [5, 5.41) is 0.990. The lowest BCUT2D eigenvalue weighted by molar-refractivity contribution is -0.121. The standard InChI is InChI=1S/C20H17Cl2N3O3S/c21-12-4-5-13(14(22)9-12)15-10-23-19(28-15)7-6-18(26)24-25-20(27)17-8-11-2-1-3-16(11)29-17/h4-5,8-10H,1-3,6-7H2,(H,24,26)(H,25,27). The van der Waals surface area contributed by atoms with Crippen LogP contribution in [0.1, 0.15) is 38.8 Å². The molecule has 0 atom stereocenters. The number of benzene rings is 1. The second-order valence-electron chi connectivity index (χ2n) is 6.66. The average molecular weight is 450 g/mol. The number of hydrogen-bond donors (Lipinski definition) is 2. The van der Waals surface area contributed by atoms with Gasteiger partial charge >= 0.3 is 0 Å². The van der Waals surface area contributed by atoms with Crippen LogP contribution in [0.25, 0.3) is 11.3 Å². The Morgan fingerprint density at radius 3 is 2.83 bits per heavy atom. The molecule has 0 radical (unpaired) electrons. The van der Waals surface area contributed by atoms with Gasteiger partial charge in [-0.15, -0.1) is 11.3 Å². The predicted octanol–water partition coefficient (Wildman–Crippen LogP) is 4.59. The lowest BCUT2D eigenvalue weighted by atomic mass is 10.2. The number of hydrogen-bond acceptors (Lipinski definition) is 5. The largest absolute Gasteiger partial charge is 0.441 e. The third-order valence-corrected chi connectivity index (χ3v) is 6.39. The molecule has 4 rings (SSSR count). The van der Waals surface area contributed by atoms with Crippen molar-refractivity contribution >= 4 is 46.4 Å². The van der Waals surface area contributed by atoms with Crippen LogP contribution in [0, 0.1) is 0 Å². The van der Waals surface area contributed by atoms with Gasteiger partial charge in [-0.1, -0.05) is 23.2 Å². The second-order valence-corrected chi connectivity index (χ2v) is 8.64. The fourth-order valence-electron chi connectivity index (χ4n) is 3.15. The van der Waals surface area contributed by atoms with Crippen LogP contribution < -0.4 is 10.9 Å². The maximum Gasteiger partial charge on any atom is 0.279 e. The molecule has 0 bridgehead atoms. The van der Waals surface area contributed by atoms with E-state index in [0.29, 0.717) is 38.6 Å². The van der Waals surface area contributed by atoms with Crippen molar-refractivity contribution in [2.75, 3.05) is 0 Å². The Bertz CT molecular complexity index is 1060. The number of thiophene rings is 1. The molecule has 6 nitrogen and oxygen atoms in total. The summed E-state index contributed by atoms with van der Waals surface area (Å²) in [7, 11) is 0. The van der Waals surface area contributed by atoms with E-state index in [0.717, 1.165) is 19.3 Å². The highest BCUT2D eigenvalue weighted by Crippen LogP contribution is 2.31. The molecule has 0 aliphatic heterocycles. The third-order valence-electron chi connectivity index (χ3n) is 4.60. The summed E-state index contributed by atoms with van der Waals surface area (Å²) in [5.74, 6) is 0.281. The zero-order valence-corrected chi connectivity index (χ0v) is 17.6. The van der Waals surface area contributed by atoms with E-state index in [-0.39, 0.29) is 18.2 Å². The van der Waals surface area contributed by atoms with Crippen molar-refractivity contribution in [3.8, 4) is 11.3 Å². The number of oxazole rings is 1. The lowest BCUT2D eigenvalue weighted by Gasteiger charge is -2.05. The number of fused-ring (bicyclic) bond motifs is 1. The molecular formula is C20H17Cl2N3O3S. The van der Waals surface area contributed by atoms with Crippen molar-refractivity contribution in [2.45, 2.75) is 32.1 Å². The number of rotatable bonds is 5. The van der Waals surface area contributed by atoms with E-state index in [9.17, 15) is 9.59 Å². The number of hydrazine groups is 1. The van der Waals surface area contributed by atoms with Gasteiger partial charge in [-0.25, -0.2) is 4.98 Å². The number of aromatic nitrogens is 1. The van der Waals surface area contributed by atoms with Crippen LogP contribution in [0.2, 0.25) is 10.0 Å². The van der Waals surface area contributed by atoms with Crippen LogP contribution in [0.15, 0.2) is 34.9 Å². The van der Waals surface area contributed by atoms with Crippen molar-refractivity contribution in [3.05, 3.63) is 61.7 Å². The minimum atomic E-state index is -0.327. The maximum absolute atomic E-state index is 12.2. The average Bonchev–Trinajstić information content (AvgIpc) is 3.40. The van der Waals surface area contributed by atoms with E-state index in [1.54, 1.807) is 24.4 Å². The van der Waals surface area contributed by atoms with Gasteiger partial charge in [0.05, 0.1) is 16.1 Å². The van der Waals surface area contributed by atoms with Gasteiger partial charge < -0.3 is 4.42 Å². The van der Waals surface area contributed by atoms with Crippen LogP contribution in [-0.4, -0.2) is 16.8 Å². The van der Waals surface area contributed by atoms with Crippen LogP contribution in [0.4, 0.5) is 0 Å². The van der Waals surface area contributed by atoms with Gasteiger partial charge in [-0.3, -0.25) is 20.4 Å². The summed E-state index contributed by atoms with van der Waals surface area (Å²) in [5.41, 5.74) is 6.81. The van der Waals surface area contributed by atoms with Crippen LogP contribution in [0.3, 0.4) is 0 Å². The first-order valence-electron chi connectivity index (χ1n) is 9.10. The van der Waals surface area contributed by atoms with E-state index >= 15 is 0 Å². The van der Waals surface area contributed by atoms with Gasteiger partial charge in [-0.05, 0) is 49.1 Å². The van der Waals surface area contributed by atoms with Crippen molar-refractivity contribution in [1.29, 1.82) is 0 Å². The van der Waals surface area contributed by atoms with E-state index in [2.05, 4.69) is 15.8 Å². The summed E-state index contributed by atoms with van der Waals surface area (Å²) < 4.78 is 5.67. The first kappa shape index (κ1) is 19.9. The van der Waals surface area contributed by atoms with E-state index < -0.39 is 0 Å². The number of aryl methyl sites for hydroxylation is 3. The molecule has 1 aliphatic carbocycles. The quantitative estimate of drug-likeness (QED) is 0.557. The van der Waals surface area contributed by atoms with E-state index in [1.807, 2.05) is 6.07 Å². The molecular weight excluding hydrogens is 433 g/mol. The van der Waals surface area contributed by atoms with Gasteiger partial charge in [0.1, 0.15) is 0 Å². The topological polar surface area (TPSA) is 84.2 Å². The Balaban J connectivity index is 1.27. The van der Waals surface area contributed by atoms with Crippen molar-refractivity contribution in [3.63, 3.8) is 0 Å². The van der Waals surface area contributed by atoms with Crippen molar-refractivity contribution < 1.29 is 14.0 Å². The Kier molecular flexibility index (Phi) is 5.89. The molecule has 3 aromatic rings. The summed E-state index contributed by atoms with van der Waals surface area (Å²) in [6.45, 7) is 0. The second kappa shape index (κ2) is 8.57. The predicted molar refractivity (Wildman–Crippen MR) is 112 cm³/mol. The normalized spacial score (nSPS) is 12.6. The molecule has 2 heterocycles. The molecule has 0 saturated heterocycles. The Hall–Kier alpha value is -2.35. The summed E-state index contributed by atoms with van der Waals surface area (Å²) in [4.78, 5) is 30.3. The zero-order chi connectivity index (χ0) is 20.4. The molecule has 2 amide bonds. The molecule has 0 unspecified atom stereocenters. The molecule has 0 saturated carbocycles. The SMILES string of the molecule is O=C(CCc1ncc(-c2ccc(Cl)cc2Cl)o1)NNC(=O)c1cc2c(s1)CCC2. The molecule has 1 aromatic carbocycles. The van der Waals surface area contributed by atoms with Gasteiger partial charge in [-0.2, -0.15) is 0 Å². The van der Waals surface area contributed by atoms with Gasteiger partial charge in [0.2, 0.25) is 5.91 Å². The number of nitrogens with zero attached hydrogens (tertiary/aromatic N) is 1. The maximum atomic E-state index is 12.2. The third kappa shape index (κ3) is 4.63. The summed E-state index contributed by atoms with van der Waals surface area (Å²) >= 11 is 13.6. The number of carbonyl (C=O) groups is 2. The number of amides is 2. The minimum absolute atomic E-state index is 0.121.